The van der Waals surface area contributed by atoms with Crippen LogP contribution in [0, 0.1) is 27.7 Å². The number of amides is 1. The second-order valence-electron chi connectivity index (χ2n) is 10.5. The first-order valence-electron chi connectivity index (χ1n) is 14.0. The Hall–Kier alpha value is -4.24. The molecule has 0 bridgehead atoms. The molecule has 4 aromatic rings. The Bertz CT molecular complexity index is 1680. The van der Waals surface area contributed by atoms with Crippen molar-refractivity contribution in [1.29, 1.82) is 0 Å². The number of rotatable bonds is 9. The monoisotopic (exact) mass is 583 g/mol. The molecule has 218 valence electrons. The van der Waals surface area contributed by atoms with Gasteiger partial charge in [0.05, 0.1) is 12.7 Å². The molecule has 8 nitrogen and oxygen atoms in total. The van der Waals surface area contributed by atoms with E-state index in [4.69, 9.17) is 14.6 Å². The molecule has 1 unspecified atom stereocenters. The van der Waals surface area contributed by atoms with Crippen molar-refractivity contribution in [3.05, 3.63) is 99.2 Å². The molecule has 1 aliphatic heterocycles. The van der Waals surface area contributed by atoms with E-state index in [2.05, 4.69) is 55.4 Å². The van der Waals surface area contributed by atoms with Gasteiger partial charge in [0, 0.05) is 11.4 Å². The molecule has 9 heteroatoms. The Morgan fingerprint density at radius 3 is 2.52 bits per heavy atom. The third-order valence-corrected chi connectivity index (χ3v) is 8.19. The third kappa shape index (κ3) is 6.01. The highest BCUT2D eigenvalue weighted by molar-refractivity contribution is 7.99. The molecule has 0 saturated heterocycles. The lowest BCUT2D eigenvalue weighted by molar-refractivity contribution is -0.113. The standard InChI is InChI=1S/C33H37N5O3S/c1-8-42-33-36-32-34-23(6)29(31(39)35-26-11-9-10-19(2)14-26)30(38(32)37-33)24-12-13-27(28(17-24)40-7)41-18-25-16-21(4)20(3)15-22(25)5/h9-17,30H,8,18H2,1-7H3,(H,35,39)(H,34,36,37). The Kier molecular flexibility index (Phi) is 8.59. The average Bonchev–Trinajstić information content (AvgIpc) is 3.35. The molecular formula is C33H37N5O3S. The van der Waals surface area contributed by atoms with Crippen LogP contribution in [0.2, 0.25) is 0 Å². The number of aromatic nitrogens is 3. The lowest BCUT2D eigenvalue weighted by atomic mass is 9.94. The predicted molar refractivity (Wildman–Crippen MR) is 169 cm³/mol. The van der Waals surface area contributed by atoms with Gasteiger partial charge in [0.2, 0.25) is 11.1 Å². The molecule has 0 saturated carbocycles. The van der Waals surface area contributed by atoms with Crippen molar-refractivity contribution >= 4 is 29.3 Å². The van der Waals surface area contributed by atoms with E-state index in [1.807, 2.05) is 56.3 Å². The number of allylic oxidation sites excluding steroid dienone is 1. The number of nitrogens with zero attached hydrogens (tertiary/aromatic N) is 3. The average molecular weight is 584 g/mol. The van der Waals surface area contributed by atoms with Gasteiger partial charge in [-0.15, -0.1) is 5.10 Å². The number of aryl methyl sites for hydroxylation is 4. The minimum atomic E-state index is -0.533. The number of benzene rings is 3. The number of anilines is 2. The topological polar surface area (TPSA) is 90.3 Å². The molecule has 1 aromatic heterocycles. The van der Waals surface area contributed by atoms with E-state index >= 15 is 0 Å². The van der Waals surface area contributed by atoms with Crippen LogP contribution in [0.4, 0.5) is 11.6 Å². The Morgan fingerprint density at radius 1 is 1.00 bits per heavy atom. The van der Waals surface area contributed by atoms with E-state index < -0.39 is 6.04 Å². The first-order valence-corrected chi connectivity index (χ1v) is 15.0. The number of methoxy groups -OCH3 is 1. The van der Waals surface area contributed by atoms with E-state index in [1.165, 1.54) is 16.7 Å². The summed E-state index contributed by atoms with van der Waals surface area (Å²) in [5.41, 5.74) is 8.69. The predicted octanol–water partition coefficient (Wildman–Crippen LogP) is 7.14. The summed E-state index contributed by atoms with van der Waals surface area (Å²) in [6.07, 6.45) is 0. The van der Waals surface area contributed by atoms with Gasteiger partial charge in [-0.2, -0.15) is 4.98 Å². The fourth-order valence-corrected chi connectivity index (χ4v) is 5.70. The van der Waals surface area contributed by atoms with Gasteiger partial charge < -0.3 is 20.1 Å². The number of carbonyl (C=O) groups is 1. The van der Waals surface area contributed by atoms with E-state index in [0.717, 1.165) is 28.1 Å². The zero-order valence-corrected chi connectivity index (χ0v) is 26.0. The second-order valence-corrected chi connectivity index (χ2v) is 11.8. The van der Waals surface area contributed by atoms with Gasteiger partial charge in [-0.25, -0.2) is 4.68 Å². The first kappa shape index (κ1) is 29.3. The van der Waals surface area contributed by atoms with Crippen LogP contribution in [0.3, 0.4) is 0 Å². The van der Waals surface area contributed by atoms with Gasteiger partial charge in [0.15, 0.2) is 11.5 Å². The van der Waals surface area contributed by atoms with Gasteiger partial charge in [-0.05, 0) is 98.0 Å². The molecule has 2 heterocycles. The van der Waals surface area contributed by atoms with Gasteiger partial charge in [0.25, 0.3) is 5.91 Å². The van der Waals surface area contributed by atoms with Crippen LogP contribution < -0.4 is 20.1 Å². The zero-order valence-electron chi connectivity index (χ0n) is 25.2. The lowest BCUT2D eigenvalue weighted by Crippen LogP contribution is -2.31. The molecule has 3 aromatic carbocycles. The van der Waals surface area contributed by atoms with Crippen LogP contribution >= 0.6 is 11.8 Å². The molecule has 2 N–H and O–H groups in total. The fraction of sp³-hybridized carbons (Fsp3) is 0.303. The Morgan fingerprint density at radius 2 is 1.79 bits per heavy atom. The number of hydrogen-bond acceptors (Lipinski definition) is 7. The Labute approximate surface area is 251 Å². The highest BCUT2D eigenvalue weighted by atomic mass is 32.2. The molecule has 0 radical (unpaired) electrons. The molecule has 1 atom stereocenters. The van der Waals surface area contributed by atoms with E-state index in [1.54, 1.807) is 23.6 Å². The molecule has 1 amide bonds. The van der Waals surface area contributed by atoms with Crippen molar-refractivity contribution in [1.82, 2.24) is 14.8 Å². The van der Waals surface area contributed by atoms with Crippen molar-refractivity contribution in [2.24, 2.45) is 0 Å². The van der Waals surface area contributed by atoms with Crippen LogP contribution in [-0.2, 0) is 11.4 Å². The van der Waals surface area contributed by atoms with Crippen molar-refractivity contribution in [2.75, 3.05) is 23.5 Å². The quantitative estimate of drug-likeness (QED) is 0.202. The normalized spacial score (nSPS) is 14.3. The molecule has 0 fully saturated rings. The molecule has 5 rings (SSSR count). The maximum atomic E-state index is 13.8. The Balaban J connectivity index is 1.51. The zero-order chi connectivity index (χ0) is 30.0. The van der Waals surface area contributed by atoms with Gasteiger partial charge in [0.1, 0.15) is 12.6 Å². The van der Waals surface area contributed by atoms with E-state index in [-0.39, 0.29) is 5.91 Å². The van der Waals surface area contributed by atoms with Gasteiger partial charge >= 0.3 is 0 Å². The number of thioether (sulfide) groups is 1. The largest absolute Gasteiger partial charge is 0.493 e. The van der Waals surface area contributed by atoms with Crippen LogP contribution in [-0.4, -0.2) is 33.5 Å². The first-order chi connectivity index (χ1) is 20.2. The van der Waals surface area contributed by atoms with E-state index in [9.17, 15) is 4.79 Å². The minimum absolute atomic E-state index is 0.217. The summed E-state index contributed by atoms with van der Waals surface area (Å²) >= 11 is 1.55. The number of nitrogens with one attached hydrogen (secondary N) is 2. The van der Waals surface area contributed by atoms with Crippen molar-refractivity contribution in [3.63, 3.8) is 0 Å². The summed E-state index contributed by atoms with van der Waals surface area (Å²) in [7, 11) is 1.62. The fourth-order valence-electron chi connectivity index (χ4n) is 5.15. The lowest BCUT2D eigenvalue weighted by Gasteiger charge is -2.29. The summed E-state index contributed by atoms with van der Waals surface area (Å²) in [5, 5.41) is 11.8. The molecule has 42 heavy (non-hydrogen) atoms. The summed E-state index contributed by atoms with van der Waals surface area (Å²) in [6, 6.07) is 17.4. The maximum Gasteiger partial charge on any atom is 0.255 e. The molecular weight excluding hydrogens is 546 g/mol. The third-order valence-electron chi connectivity index (χ3n) is 7.47. The van der Waals surface area contributed by atoms with E-state index in [0.29, 0.717) is 40.5 Å². The van der Waals surface area contributed by atoms with Crippen LogP contribution in [0.1, 0.15) is 53.3 Å². The SMILES string of the molecule is CCSc1nc2n(n1)C(c1ccc(OCc3cc(C)c(C)cc3C)c(OC)c1)C(C(=O)Nc1cccc(C)c1)=C(C)N2. The van der Waals surface area contributed by atoms with Crippen molar-refractivity contribution in [3.8, 4) is 11.5 Å². The summed E-state index contributed by atoms with van der Waals surface area (Å²) in [4.78, 5) is 18.5. The van der Waals surface area contributed by atoms with Crippen molar-refractivity contribution in [2.45, 2.75) is 59.3 Å². The second kappa shape index (κ2) is 12.3. The van der Waals surface area contributed by atoms with Crippen LogP contribution in [0.25, 0.3) is 0 Å². The number of carbonyl (C=O) groups excluding carboxylic acids is 1. The molecule has 1 aliphatic rings. The van der Waals surface area contributed by atoms with Gasteiger partial charge in [-0.1, -0.05) is 49.0 Å². The van der Waals surface area contributed by atoms with Crippen LogP contribution in [0.15, 0.2) is 71.0 Å². The van der Waals surface area contributed by atoms with Crippen LogP contribution in [0.5, 0.6) is 11.5 Å². The molecule has 0 spiro atoms. The summed E-state index contributed by atoms with van der Waals surface area (Å²) < 4.78 is 13.8. The van der Waals surface area contributed by atoms with Crippen molar-refractivity contribution < 1.29 is 14.3 Å². The number of hydrogen-bond donors (Lipinski definition) is 2. The number of ether oxygens (including phenoxy) is 2. The van der Waals surface area contributed by atoms with Gasteiger partial charge in [-0.3, -0.25) is 4.79 Å². The highest BCUT2D eigenvalue weighted by Crippen LogP contribution is 2.40. The molecule has 0 aliphatic carbocycles. The minimum Gasteiger partial charge on any atom is -0.493 e. The summed E-state index contributed by atoms with van der Waals surface area (Å²) in [5.74, 6) is 2.41. The maximum absolute atomic E-state index is 13.8. The summed E-state index contributed by atoms with van der Waals surface area (Å²) in [6.45, 7) is 12.7. The number of fused-ring (bicyclic) bond motifs is 1. The smallest absolute Gasteiger partial charge is 0.255 e. The highest BCUT2D eigenvalue weighted by Gasteiger charge is 2.35.